The van der Waals surface area contributed by atoms with E-state index in [0.717, 1.165) is 34.1 Å². The molecule has 0 amide bonds. The average molecular weight is 439 g/mol. The van der Waals surface area contributed by atoms with Crippen molar-refractivity contribution in [2.45, 2.75) is 11.8 Å². The number of nitrogens with zero attached hydrogens (tertiary/aromatic N) is 2. The van der Waals surface area contributed by atoms with Crippen molar-refractivity contribution in [3.8, 4) is 28.7 Å². The second kappa shape index (κ2) is 9.47. The molecule has 0 saturated heterocycles. The molecule has 0 saturated carbocycles. The van der Waals surface area contributed by atoms with Crippen LogP contribution in [0.15, 0.2) is 70.2 Å². The number of carboxylic acid groups (broad SMARTS) is 1. The minimum absolute atomic E-state index is 0.115. The van der Waals surface area contributed by atoms with Crippen LogP contribution in [0.5, 0.6) is 5.75 Å². The van der Waals surface area contributed by atoms with Gasteiger partial charge in [0.2, 0.25) is 5.16 Å². The number of aliphatic carboxylic acids is 1. The lowest BCUT2D eigenvalue weighted by Gasteiger charge is -2.07. The Hall–Kier alpha value is -3.60. The van der Waals surface area contributed by atoms with Gasteiger partial charge in [-0.25, -0.2) is 5.21 Å². The molecule has 2 aromatic carbocycles. The molecule has 31 heavy (non-hydrogen) atoms. The Labute approximate surface area is 181 Å². The molecule has 0 aliphatic rings. The van der Waals surface area contributed by atoms with Crippen LogP contribution in [-0.4, -0.2) is 37.2 Å². The summed E-state index contributed by atoms with van der Waals surface area (Å²) in [5, 5.41) is 25.0. The molecule has 158 valence electrons. The lowest BCUT2D eigenvalue weighted by atomic mass is 10.1. The number of nitrogens with two attached hydrogens (primary N) is 1. The van der Waals surface area contributed by atoms with Gasteiger partial charge in [-0.2, -0.15) is 10.5 Å². The number of hydrogen-bond acceptors (Lipinski definition) is 7. The lowest BCUT2D eigenvalue weighted by molar-refractivity contribution is -0.825. The molecule has 10 heteroatoms. The predicted octanol–water partition coefficient (Wildman–Crippen LogP) is 3.07. The smallest absolute Gasteiger partial charge is 0.313 e. The van der Waals surface area contributed by atoms with Crippen molar-refractivity contribution in [2.24, 2.45) is 0 Å². The first-order valence-corrected chi connectivity index (χ1v) is 10.3. The average Bonchev–Trinajstić information content (AvgIpc) is 3.46. The Balaban J connectivity index is 1.44. The lowest BCUT2D eigenvalue weighted by Crippen LogP contribution is -2.73. The molecule has 0 spiro atoms. The summed E-state index contributed by atoms with van der Waals surface area (Å²) in [6.45, 7) is 0.364. The summed E-state index contributed by atoms with van der Waals surface area (Å²) in [4.78, 5) is 14.9. The van der Waals surface area contributed by atoms with Gasteiger partial charge >= 0.3 is 5.97 Å². The van der Waals surface area contributed by atoms with E-state index in [2.05, 4.69) is 15.2 Å². The van der Waals surface area contributed by atoms with Crippen molar-refractivity contribution >= 4 is 23.4 Å². The second-order valence-corrected chi connectivity index (χ2v) is 7.45. The number of aromatic amines is 1. The fourth-order valence-electron chi connectivity index (χ4n) is 2.84. The summed E-state index contributed by atoms with van der Waals surface area (Å²) in [6, 6.07) is 18.5. The van der Waals surface area contributed by atoms with Gasteiger partial charge in [-0.1, -0.05) is 36.0 Å². The number of furan rings is 1. The molecule has 0 bridgehead atoms. The van der Waals surface area contributed by atoms with Crippen molar-refractivity contribution in [3.05, 3.63) is 66.2 Å². The predicted molar refractivity (Wildman–Crippen MR) is 112 cm³/mol. The fourth-order valence-corrected chi connectivity index (χ4v) is 3.36. The van der Waals surface area contributed by atoms with Gasteiger partial charge < -0.3 is 14.3 Å². The molecule has 4 rings (SSSR count). The standard InChI is InChI=1S/C21H18N4O5S/c26-19(27)12-31-21-22-20(23-24-21)18-8-7-17(30-18)14-4-2-6-16(10-14)29-11-13-3-1-5-15(9-13)25-28/h1-10,25,28H,11-12H2,(H,26,27)(H,22,23,24)/p+1. The molecule has 4 aromatic rings. The number of thioether (sulfide) groups is 1. The van der Waals surface area contributed by atoms with E-state index >= 15 is 0 Å². The van der Waals surface area contributed by atoms with Crippen LogP contribution in [0.4, 0.5) is 5.69 Å². The third-order valence-electron chi connectivity index (χ3n) is 4.25. The van der Waals surface area contributed by atoms with Crippen LogP contribution in [0.25, 0.3) is 22.9 Å². The van der Waals surface area contributed by atoms with Gasteiger partial charge in [-0.05, 0) is 29.8 Å². The van der Waals surface area contributed by atoms with Crippen LogP contribution < -0.4 is 10.2 Å². The zero-order valence-corrected chi connectivity index (χ0v) is 17.0. The number of ether oxygens (including phenoxy) is 1. The topological polar surface area (TPSA) is 138 Å². The van der Waals surface area contributed by atoms with E-state index in [9.17, 15) is 4.79 Å². The first kappa shape index (κ1) is 20.7. The van der Waals surface area contributed by atoms with E-state index in [4.69, 9.17) is 19.5 Å². The summed E-state index contributed by atoms with van der Waals surface area (Å²) in [6.07, 6.45) is 0. The number of carboxylic acids is 1. The van der Waals surface area contributed by atoms with Crippen molar-refractivity contribution in [2.75, 3.05) is 5.75 Å². The molecule has 2 aromatic heterocycles. The van der Waals surface area contributed by atoms with Crippen molar-refractivity contribution < 1.29 is 29.7 Å². The van der Waals surface area contributed by atoms with Gasteiger partial charge in [0.25, 0.3) is 0 Å². The second-order valence-electron chi connectivity index (χ2n) is 6.50. The van der Waals surface area contributed by atoms with Crippen molar-refractivity contribution in [1.29, 1.82) is 0 Å². The molecule has 0 aliphatic carbocycles. The van der Waals surface area contributed by atoms with Gasteiger partial charge in [-0.3, -0.25) is 9.89 Å². The molecule has 0 fully saturated rings. The maximum Gasteiger partial charge on any atom is 0.313 e. The Morgan fingerprint density at radius 3 is 2.81 bits per heavy atom. The summed E-state index contributed by atoms with van der Waals surface area (Å²) in [5.74, 6) is 1.18. The number of quaternary nitrogens is 1. The molecule has 2 heterocycles. The van der Waals surface area contributed by atoms with Crippen LogP contribution in [0.2, 0.25) is 0 Å². The Bertz CT molecular complexity index is 1190. The summed E-state index contributed by atoms with van der Waals surface area (Å²) >= 11 is 1.03. The maximum absolute atomic E-state index is 10.7. The minimum Gasteiger partial charge on any atom is -0.489 e. The summed E-state index contributed by atoms with van der Waals surface area (Å²) < 4.78 is 11.8. The van der Waals surface area contributed by atoms with E-state index < -0.39 is 5.97 Å². The molecular formula is C21H19N4O5S+. The number of hydrogen-bond donors (Lipinski definition) is 4. The number of benzene rings is 2. The number of H-pyrrole nitrogens is 1. The highest BCUT2D eigenvalue weighted by molar-refractivity contribution is 7.99. The number of nitrogens with one attached hydrogen (secondary N) is 1. The zero-order chi connectivity index (χ0) is 21.6. The zero-order valence-electron chi connectivity index (χ0n) is 16.2. The number of carbonyl (C=O) groups is 1. The number of rotatable bonds is 9. The molecule has 0 atom stereocenters. The van der Waals surface area contributed by atoms with Gasteiger partial charge in [0, 0.05) is 17.7 Å². The van der Waals surface area contributed by atoms with Gasteiger partial charge in [-0.15, -0.1) is 5.10 Å². The van der Waals surface area contributed by atoms with Gasteiger partial charge in [0.15, 0.2) is 17.3 Å². The highest BCUT2D eigenvalue weighted by Crippen LogP contribution is 2.30. The van der Waals surface area contributed by atoms with E-state index in [1.165, 1.54) is 0 Å². The van der Waals surface area contributed by atoms with E-state index in [1.807, 2.05) is 48.5 Å². The van der Waals surface area contributed by atoms with Crippen LogP contribution in [-0.2, 0) is 11.4 Å². The van der Waals surface area contributed by atoms with Crippen molar-refractivity contribution in [3.63, 3.8) is 0 Å². The summed E-state index contributed by atoms with van der Waals surface area (Å²) in [5.41, 5.74) is 3.55. The normalized spacial score (nSPS) is 10.9. The highest BCUT2D eigenvalue weighted by Gasteiger charge is 2.13. The van der Waals surface area contributed by atoms with Crippen LogP contribution in [0.1, 0.15) is 5.56 Å². The van der Waals surface area contributed by atoms with E-state index in [0.29, 0.717) is 34.9 Å². The molecule has 9 nitrogen and oxygen atoms in total. The van der Waals surface area contributed by atoms with Crippen LogP contribution >= 0.6 is 11.8 Å². The fraction of sp³-hybridized carbons (Fsp3) is 0.0952. The summed E-state index contributed by atoms with van der Waals surface area (Å²) in [7, 11) is 0. The van der Waals surface area contributed by atoms with Crippen molar-refractivity contribution in [1.82, 2.24) is 15.2 Å². The first-order chi connectivity index (χ1) is 15.1. The maximum atomic E-state index is 10.7. The van der Waals surface area contributed by atoms with Crippen LogP contribution in [0, 0.1) is 0 Å². The quantitative estimate of drug-likeness (QED) is 0.177. The van der Waals surface area contributed by atoms with Gasteiger partial charge in [0.1, 0.15) is 18.1 Å². The number of aromatic nitrogens is 3. The first-order valence-electron chi connectivity index (χ1n) is 9.27. The molecule has 0 radical (unpaired) electrons. The molecule has 0 aliphatic heterocycles. The minimum atomic E-state index is -0.932. The molecule has 5 N–H and O–H groups in total. The molecule has 0 unspecified atom stereocenters. The Morgan fingerprint density at radius 1 is 1.13 bits per heavy atom. The Kier molecular flexibility index (Phi) is 6.32. The monoisotopic (exact) mass is 439 g/mol. The largest absolute Gasteiger partial charge is 0.489 e. The third kappa shape index (κ3) is 5.31. The van der Waals surface area contributed by atoms with E-state index in [1.54, 1.807) is 12.1 Å². The molecular weight excluding hydrogens is 420 g/mol. The Morgan fingerprint density at radius 2 is 1.97 bits per heavy atom. The van der Waals surface area contributed by atoms with Gasteiger partial charge in [0.05, 0.1) is 5.75 Å². The van der Waals surface area contributed by atoms with E-state index in [-0.39, 0.29) is 5.75 Å². The van der Waals surface area contributed by atoms with Crippen LogP contribution in [0.3, 0.4) is 0 Å². The highest BCUT2D eigenvalue weighted by atomic mass is 32.2. The third-order valence-corrected chi connectivity index (χ3v) is 5.09. The SMILES string of the molecule is O=C(O)CSc1n[nH]c(-c2ccc(-c3cccc(OCc4cccc([NH2+]O)c4)c3)o2)n1.